The van der Waals surface area contributed by atoms with Gasteiger partial charge in [0, 0.05) is 13.0 Å². The lowest BCUT2D eigenvalue weighted by molar-refractivity contribution is -0.148. The number of aliphatic carboxylic acids is 1. The second-order valence-electron chi connectivity index (χ2n) is 3.93. The van der Waals surface area contributed by atoms with Gasteiger partial charge in [0.2, 0.25) is 5.91 Å². The lowest BCUT2D eigenvalue weighted by Gasteiger charge is -2.14. The van der Waals surface area contributed by atoms with E-state index in [1.165, 1.54) is 7.11 Å². The highest BCUT2D eigenvalue weighted by molar-refractivity contribution is 5.80. The molecule has 0 radical (unpaired) electrons. The Bertz CT molecular complexity index is 250. The molecule has 2 atom stereocenters. The molecule has 0 aromatic rings. The molecule has 1 fully saturated rings. The van der Waals surface area contributed by atoms with Gasteiger partial charge in [0.25, 0.3) is 0 Å². The van der Waals surface area contributed by atoms with Crippen molar-refractivity contribution >= 4 is 11.9 Å². The van der Waals surface area contributed by atoms with Crippen molar-refractivity contribution in [1.29, 1.82) is 0 Å². The number of carboxylic acids is 1. The van der Waals surface area contributed by atoms with E-state index >= 15 is 0 Å². The Morgan fingerprint density at radius 3 is 2.53 bits per heavy atom. The minimum Gasteiger partial charge on any atom is -0.479 e. The lowest BCUT2D eigenvalue weighted by atomic mass is 10.1. The first-order chi connectivity index (χ1) is 7.06. The third-order valence-electron chi connectivity index (χ3n) is 2.76. The summed E-state index contributed by atoms with van der Waals surface area (Å²) in [5.41, 5.74) is 0. The highest BCUT2D eigenvalue weighted by Crippen LogP contribution is 2.36. The molecular weight excluding hydrogens is 198 g/mol. The van der Waals surface area contributed by atoms with Gasteiger partial charge in [0.05, 0.1) is 6.54 Å². The first-order valence-corrected chi connectivity index (χ1v) is 5.09. The number of ether oxygens (including phenoxy) is 1. The maximum absolute atomic E-state index is 11.5. The second-order valence-corrected chi connectivity index (χ2v) is 3.93. The van der Waals surface area contributed by atoms with Gasteiger partial charge in [-0.3, -0.25) is 4.79 Å². The Balaban J connectivity index is 2.28. The van der Waals surface area contributed by atoms with Crippen LogP contribution in [0.3, 0.4) is 0 Å². The molecular formula is C10H17NO4. The normalized spacial score (nSPS) is 19.3. The van der Waals surface area contributed by atoms with Crippen molar-refractivity contribution < 1.29 is 19.4 Å². The van der Waals surface area contributed by atoms with Crippen LogP contribution in [-0.4, -0.2) is 36.7 Å². The van der Waals surface area contributed by atoms with Crippen molar-refractivity contribution in [2.24, 2.45) is 11.8 Å². The highest BCUT2D eigenvalue weighted by Gasteiger charge is 2.32. The molecule has 86 valence electrons. The summed E-state index contributed by atoms with van der Waals surface area (Å²) >= 11 is 0. The molecule has 1 aliphatic rings. The van der Waals surface area contributed by atoms with Gasteiger partial charge in [-0.2, -0.15) is 0 Å². The van der Waals surface area contributed by atoms with E-state index in [4.69, 9.17) is 9.84 Å². The molecule has 5 nitrogen and oxygen atoms in total. The third-order valence-corrected chi connectivity index (χ3v) is 2.76. The standard InChI is InChI=1S/C10H17NO4/c1-6(7-3-4-7)9(12)11-5-8(15-2)10(13)14/h6-8H,3-5H2,1-2H3,(H,11,12)(H,13,14). The Morgan fingerprint density at radius 2 is 2.13 bits per heavy atom. The van der Waals surface area contributed by atoms with Crippen LogP contribution >= 0.6 is 0 Å². The Kier molecular flexibility index (Phi) is 4.08. The molecule has 0 heterocycles. The number of hydrogen-bond acceptors (Lipinski definition) is 3. The number of amides is 1. The van der Waals surface area contributed by atoms with Crippen LogP contribution in [0.4, 0.5) is 0 Å². The zero-order valence-electron chi connectivity index (χ0n) is 9.03. The highest BCUT2D eigenvalue weighted by atomic mass is 16.5. The van der Waals surface area contributed by atoms with E-state index in [-0.39, 0.29) is 18.4 Å². The Hall–Kier alpha value is -1.10. The van der Waals surface area contributed by atoms with Crippen molar-refractivity contribution in [2.75, 3.05) is 13.7 Å². The van der Waals surface area contributed by atoms with E-state index in [1.54, 1.807) is 0 Å². The summed E-state index contributed by atoms with van der Waals surface area (Å²) in [4.78, 5) is 22.1. The minimum atomic E-state index is -1.06. The molecule has 1 amide bonds. The smallest absolute Gasteiger partial charge is 0.334 e. The lowest BCUT2D eigenvalue weighted by Crippen LogP contribution is -2.40. The monoisotopic (exact) mass is 215 g/mol. The predicted molar refractivity (Wildman–Crippen MR) is 53.3 cm³/mol. The molecule has 2 N–H and O–H groups in total. The van der Waals surface area contributed by atoms with Crippen molar-refractivity contribution in [3.05, 3.63) is 0 Å². The number of carbonyl (C=O) groups is 2. The SMILES string of the molecule is COC(CNC(=O)C(C)C1CC1)C(=O)O. The molecule has 0 aromatic carbocycles. The molecule has 0 aliphatic heterocycles. The third kappa shape index (κ3) is 3.51. The van der Waals surface area contributed by atoms with Gasteiger partial charge in [-0.1, -0.05) is 6.92 Å². The Labute approximate surface area is 88.8 Å². The van der Waals surface area contributed by atoms with E-state index < -0.39 is 12.1 Å². The molecule has 15 heavy (non-hydrogen) atoms. The molecule has 1 aliphatic carbocycles. The molecule has 5 heteroatoms. The quantitative estimate of drug-likeness (QED) is 0.666. The zero-order chi connectivity index (χ0) is 11.4. The maximum Gasteiger partial charge on any atom is 0.334 e. The van der Waals surface area contributed by atoms with Crippen LogP contribution in [0.15, 0.2) is 0 Å². The van der Waals surface area contributed by atoms with Gasteiger partial charge in [0.1, 0.15) is 0 Å². The van der Waals surface area contributed by atoms with Crippen molar-refractivity contribution in [2.45, 2.75) is 25.9 Å². The summed E-state index contributed by atoms with van der Waals surface area (Å²) in [5, 5.41) is 11.3. The van der Waals surface area contributed by atoms with Gasteiger partial charge < -0.3 is 15.2 Å². The van der Waals surface area contributed by atoms with Gasteiger partial charge in [-0.25, -0.2) is 4.79 Å². The number of carboxylic acid groups (broad SMARTS) is 1. The second kappa shape index (κ2) is 5.11. The van der Waals surface area contributed by atoms with Crippen LogP contribution in [0, 0.1) is 11.8 Å². The van der Waals surface area contributed by atoms with Crippen LogP contribution in [0.5, 0.6) is 0 Å². The van der Waals surface area contributed by atoms with Gasteiger partial charge in [-0.15, -0.1) is 0 Å². The Morgan fingerprint density at radius 1 is 1.53 bits per heavy atom. The zero-order valence-corrected chi connectivity index (χ0v) is 9.03. The molecule has 1 saturated carbocycles. The van der Waals surface area contributed by atoms with Crippen molar-refractivity contribution in [1.82, 2.24) is 5.32 Å². The van der Waals surface area contributed by atoms with E-state index in [2.05, 4.69) is 5.32 Å². The summed E-state index contributed by atoms with van der Waals surface area (Å²) in [6, 6.07) is 0. The first kappa shape index (κ1) is 12.0. The number of nitrogens with one attached hydrogen (secondary N) is 1. The van der Waals surface area contributed by atoms with E-state index in [0.29, 0.717) is 5.92 Å². The van der Waals surface area contributed by atoms with Gasteiger partial charge >= 0.3 is 5.97 Å². The summed E-state index contributed by atoms with van der Waals surface area (Å²) in [6.45, 7) is 1.90. The number of rotatable bonds is 6. The fourth-order valence-electron chi connectivity index (χ4n) is 1.44. The fourth-order valence-corrected chi connectivity index (χ4v) is 1.44. The molecule has 1 rings (SSSR count). The number of hydrogen-bond donors (Lipinski definition) is 2. The van der Waals surface area contributed by atoms with Crippen LogP contribution in [-0.2, 0) is 14.3 Å². The first-order valence-electron chi connectivity index (χ1n) is 5.09. The van der Waals surface area contributed by atoms with Crippen molar-refractivity contribution in [3.8, 4) is 0 Å². The van der Waals surface area contributed by atoms with Gasteiger partial charge in [0.15, 0.2) is 6.10 Å². The molecule has 0 saturated heterocycles. The minimum absolute atomic E-state index is 0.0173. The number of carbonyl (C=O) groups excluding carboxylic acids is 1. The van der Waals surface area contributed by atoms with Crippen molar-refractivity contribution in [3.63, 3.8) is 0 Å². The maximum atomic E-state index is 11.5. The molecule has 2 unspecified atom stereocenters. The van der Waals surface area contributed by atoms with Crippen LogP contribution < -0.4 is 5.32 Å². The molecule has 0 spiro atoms. The topological polar surface area (TPSA) is 75.6 Å². The summed E-state index contributed by atoms with van der Waals surface area (Å²) in [5.74, 6) is -0.676. The predicted octanol–water partition coefficient (Wildman–Crippen LogP) is 0.248. The van der Waals surface area contributed by atoms with E-state index in [1.807, 2.05) is 6.92 Å². The average Bonchev–Trinajstić information content (AvgIpc) is 3.00. The molecule has 0 bridgehead atoms. The van der Waals surface area contributed by atoms with Crippen LogP contribution in [0.2, 0.25) is 0 Å². The van der Waals surface area contributed by atoms with E-state index in [0.717, 1.165) is 12.8 Å². The van der Waals surface area contributed by atoms with Gasteiger partial charge in [-0.05, 0) is 18.8 Å². The largest absolute Gasteiger partial charge is 0.479 e. The van der Waals surface area contributed by atoms with Crippen LogP contribution in [0.25, 0.3) is 0 Å². The summed E-state index contributed by atoms with van der Waals surface area (Å²) in [6.07, 6.45) is 1.24. The summed E-state index contributed by atoms with van der Waals surface area (Å²) < 4.78 is 4.70. The molecule has 0 aromatic heterocycles. The number of methoxy groups -OCH3 is 1. The fraction of sp³-hybridized carbons (Fsp3) is 0.800. The average molecular weight is 215 g/mol. The van der Waals surface area contributed by atoms with E-state index in [9.17, 15) is 9.59 Å². The summed E-state index contributed by atoms with van der Waals surface area (Å²) in [7, 11) is 1.31. The van der Waals surface area contributed by atoms with Crippen LogP contribution in [0.1, 0.15) is 19.8 Å².